The van der Waals surface area contributed by atoms with Crippen molar-refractivity contribution in [3.63, 3.8) is 0 Å². The molecule has 0 unspecified atom stereocenters. The highest BCUT2D eigenvalue weighted by Gasteiger charge is 2.05. The van der Waals surface area contributed by atoms with Crippen LogP contribution < -0.4 is 4.74 Å². The second-order valence-corrected chi connectivity index (χ2v) is 5.37. The largest absolute Gasteiger partial charge is 0.489 e. The van der Waals surface area contributed by atoms with Crippen LogP contribution in [0.4, 0.5) is 8.78 Å². The minimum absolute atomic E-state index is 0.0867. The molecule has 0 heterocycles. The van der Waals surface area contributed by atoms with Crippen molar-refractivity contribution in [1.82, 2.24) is 0 Å². The number of hydrogen-bond acceptors (Lipinski definition) is 1. The van der Waals surface area contributed by atoms with Crippen molar-refractivity contribution in [1.29, 1.82) is 0 Å². The van der Waals surface area contributed by atoms with Crippen LogP contribution in [0.3, 0.4) is 0 Å². The van der Waals surface area contributed by atoms with Crippen LogP contribution in [0.5, 0.6) is 5.75 Å². The second kappa shape index (κ2) is 5.80. The molecule has 2 aromatic carbocycles. The lowest BCUT2D eigenvalue weighted by Gasteiger charge is -2.08. The molecule has 0 amide bonds. The fraction of sp³-hybridized carbons (Fsp3) is 0.0769. The van der Waals surface area contributed by atoms with Crippen molar-refractivity contribution < 1.29 is 13.5 Å². The van der Waals surface area contributed by atoms with E-state index < -0.39 is 0 Å². The fourth-order valence-electron chi connectivity index (χ4n) is 1.38. The molecule has 0 saturated heterocycles. The Labute approximate surface area is 120 Å². The van der Waals surface area contributed by atoms with Crippen LogP contribution in [0, 0.1) is 11.6 Å². The van der Waals surface area contributed by atoms with Gasteiger partial charge in [0.2, 0.25) is 0 Å². The lowest BCUT2D eigenvalue weighted by atomic mass is 10.2. The molecule has 0 bridgehead atoms. The molecule has 1 nitrogen and oxygen atoms in total. The summed E-state index contributed by atoms with van der Waals surface area (Å²) in [6.45, 7) is 0.0867. The SMILES string of the molecule is Fc1ccc(OCc2cc(Br)ccc2F)cc1Br. The van der Waals surface area contributed by atoms with E-state index in [0.29, 0.717) is 15.8 Å². The summed E-state index contributed by atoms with van der Waals surface area (Å²) in [6.07, 6.45) is 0. The smallest absolute Gasteiger partial charge is 0.137 e. The fourth-order valence-corrected chi connectivity index (χ4v) is 2.15. The number of rotatable bonds is 3. The number of ether oxygens (including phenoxy) is 1. The van der Waals surface area contributed by atoms with Gasteiger partial charge in [0.1, 0.15) is 24.0 Å². The molecule has 0 aliphatic carbocycles. The molecule has 0 saturated carbocycles. The van der Waals surface area contributed by atoms with Gasteiger partial charge in [-0.2, -0.15) is 0 Å². The highest BCUT2D eigenvalue weighted by atomic mass is 79.9. The molecule has 0 spiro atoms. The van der Waals surface area contributed by atoms with E-state index in [2.05, 4.69) is 31.9 Å². The molecule has 94 valence electrons. The first-order chi connectivity index (χ1) is 8.56. The van der Waals surface area contributed by atoms with Crippen molar-refractivity contribution in [2.45, 2.75) is 6.61 Å². The molecule has 2 rings (SSSR count). The molecule has 0 radical (unpaired) electrons. The summed E-state index contributed by atoms with van der Waals surface area (Å²) in [4.78, 5) is 0. The van der Waals surface area contributed by atoms with E-state index in [1.54, 1.807) is 12.1 Å². The van der Waals surface area contributed by atoms with Crippen LogP contribution >= 0.6 is 31.9 Å². The van der Waals surface area contributed by atoms with Gasteiger partial charge in [-0.1, -0.05) is 15.9 Å². The second-order valence-electron chi connectivity index (χ2n) is 3.60. The van der Waals surface area contributed by atoms with Gasteiger partial charge in [0, 0.05) is 10.0 Å². The van der Waals surface area contributed by atoms with Gasteiger partial charge in [-0.25, -0.2) is 8.78 Å². The summed E-state index contributed by atoms with van der Waals surface area (Å²) in [5.74, 6) is -0.224. The number of halogens is 4. The molecule has 0 atom stereocenters. The monoisotopic (exact) mass is 376 g/mol. The maximum atomic E-state index is 13.4. The average molecular weight is 378 g/mol. The Morgan fingerprint density at radius 1 is 0.944 bits per heavy atom. The summed E-state index contributed by atoms with van der Waals surface area (Å²) < 4.78 is 33.0. The first-order valence-corrected chi connectivity index (χ1v) is 6.66. The standard InChI is InChI=1S/C13H8Br2F2O/c14-9-1-3-12(16)8(5-9)7-18-10-2-4-13(17)11(15)6-10/h1-6H,7H2. The molecule has 0 aliphatic heterocycles. The van der Waals surface area contributed by atoms with E-state index in [1.807, 2.05) is 0 Å². The van der Waals surface area contributed by atoms with Crippen LogP contribution in [0.15, 0.2) is 45.3 Å². The zero-order valence-corrected chi connectivity index (χ0v) is 12.3. The number of benzene rings is 2. The minimum atomic E-state index is -0.365. The maximum Gasteiger partial charge on any atom is 0.137 e. The molecule has 0 N–H and O–H groups in total. The van der Waals surface area contributed by atoms with Gasteiger partial charge in [0.15, 0.2) is 0 Å². The summed E-state index contributed by atoms with van der Waals surface area (Å²) >= 11 is 6.33. The predicted molar refractivity (Wildman–Crippen MR) is 72.5 cm³/mol. The molecule has 0 aliphatic rings. The van der Waals surface area contributed by atoms with Crippen LogP contribution in [0.2, 0.25) is 0 Å². The number of hydrogen-bond donors (Lipinski definition) is 0. The van der Waals surface area contributed by atoms with Crippen LogP contribution in [0.25, 0.3) is 0 Å². The van der Waals surface area contributed by atoms with Crippen molar-refractivity contribution in [3.05, 3.63) is 62.5 Å². The molecular formula is C13H8Br2F2O. The highest BCUT2D eigenvalue weighted by Crippen LogP contribution is 2.23. The predicted octanol–water partition coefficient (Wildman–Crippen LogP) is 5.07. The third-order valence-corrected chi connectivity index (χ3v) is 3.39. The van der Waals surface area contributed by atoms with Crippen molar-refractivity contribution >= 4 is 31.9 Å². The van der Waals surface area contributed by atoms with E-state index >= 15 is 0 Å². The van der Waals surface area contributed by atoms with Gasteiger partial charge >= 0.3 is 0 Å². The van der Waals surface area contributed by atoms with E-state index in [-0.39, 0.29) is 18.2 Å². The van der Waals surface area contributed by atoms with Gasteiger partial charge in [0.25, 0.3) is 0 Å². The third-order valence-electron chi connectivity index (χ3n) is 2.29. The van der Waals surface area contributed by atoms with E-state index in [1.165, 1.54) is 24.3 Å². The van der Waals surface area contributed by atoms with Crippen LogP contribution in [-0.4, -0.2) is 0 Å². The Morgan fingerprint density at radius 3 is 2.39 bits per heavy atom. The van der Waals surface area contributed by atoms with Crippen molar-refractivity contribution in [3.8, 4) is 5.75 Å². The molecule has 5 heteroatoms. The van der Waals surface area contributed by atoms with Crippen LogP contribution in [0.1, 0.15) is 5.56 Å². The Morgan fingerprint density at radius 2 is 1.67 bits per heavy atom. The molecule has 0 fully saturated rings. The lowest BCUT2D eigenvalue weighted by molar-refractivity contribution is 0.299. The molecule has 0 aromatic heterocycles. The average Bonchev–Trinajstić information content (AvgIpc) is 2.34. The summed E-state index contributed by atoms with van der Waals surface area (Å²) in [6, 6.07) is 8.92. The lowest BCUT2D eigenvalue weighted by Crippen LogP contribution is -1.98. The molecular weight excluding hydrogens is 370 g/mol. The first kappa shape index (κ1) is 13.5. The molecule has 18 heavy (non-hydrogen) atoms. The summed E-state index contributed by atoms with van der Waals surface area (Å²) in [5, 5.41) is 0. The van der Waals surface area contributed by atoms with Gasteiger partial charge in [0.05, 0.1) is 4.47 Å². The molecule has 2 aromatic rings. The quantitative estimate of drug-likeness (QED) is 0.725. The van der Waals surface area contributed by atoms with E-state index in [4.69, 9.17) is 4.74 Å². The zero-order valence-electron chi connectivity index (χ0n) is 9.09. The maximum absolute atomic E-state index is 13.4. The summed E-state index contributed by atoms with van der Waals surface area (Å²) in [7, 11) is 0. The van der Waals surface area contributed by atoms with Gasteiger partial charge < -0.3 is 4.74 Å². The first-order valence-electron chi connectivity index (χ1n) is 5.08. The topological polar surface area (TPSA) is 9.23 Å². The third kappa shape index (κ3) is 3.29. The Balaban J connectivity index is 2.11. The van der Waals surface area contributed by atoms with E-state index in [0.717, 1.165) is 4.47 Å². The van der Waals surface area contributed by atoms with Gasteiger partial charge in [-0.15, -0.1) is 0 Å². The highest BCUT2D eigenvalue weighted by molar-refractivity contribution is 9.10. The van der Waals surface area contributed by atoms with Gasteiger partial charge in [-0.05, 0) is 52.3 Å². The van der Waals surface area contributed by atoms with Crippen LogP contribution in [-0.2, 0) is 6.61 Å². The summed E-state index contributed by atoms with van der Waals surface area (Å²) in [5.41, 5.74) is 0.435. The zero-order chi connectivity index (χ0) is 13.1. The van der Waals surface area contributed by atoms with Gasteiger partial charge in [-0.3, -0.25) is 0 Å². The Bertz CT molecular complexity index is 573. The van der Waals surface area contributed by atoms with E-state index in [9.17, 15) is 8.78 Å². The normalized spacial score (nSPS) is 10.4. The minimum Gasteiger partial charge on any atom is -0.489 e. The van der Waals surface area contributed by atoms with Crippen molar-refractivity contribution in [2.24, 2.45) is 0 Å². The van der Waals surface area contributed by atoms with Crippen molar-refractivity contribution in [2.75, 3.05) is 0 Å². The Hall–Kier alpha value is -0.940. The Kier molecular flexibility index (Phi) is 4.35.